The van der Waals surface area contributed by atoms with Gasteiger partial charge in [0.15, 0.2) is 11.5 Å². The van der Waals surface area contributed by atoms with Gasteiger partial charge in [0.1, 0.15) is 19.0 Å². The zero-order valence-electron chi connectivity index (χ0n) is 14.7. The predicted molar refractivity (Wildman–Crippen MR) is 95.6 cm³/mol. The molecule has 25 heavy (non-hydrogen) atoms. The normalized spacial score (nSPS) is 12.8. The van der Waals surface area contributed by atoms with E-state index < -0.39 is 0 Å². The number of benzene rings is 1. The molecule has 0 atom stereocenters. The number of carbonyl (C=O) groups is 1. The van der Waals surface area contributed by atoms with E-state index in [0.29, 0.717) is 48.6 Å². The highest BCUT2D eigenvalue weighted by atomic mass is 16.6. The van der Waals surface area contributed by atoms with Crippen molar-refractivity contribution in [2.45, 2.75) is 26.8 Å². The van der Waals surface area contributed by atoms with Gasteiger partial charge in [-0.3, -0.25) is 9.69 Å². The smallest absolute Gasteiger partial charge is 0.263 e. The molecule has 2 aromatic rings. The van der Waals surface area contributed by atoms with Crippen LogP contribution in [0, 0.1) is 0 Å². The fraction of sp³-hybridized carbons (Fsp3) is 0.389. The van der Waals surface area contributed by atoms with Crippen molar-refractivity contribution in [1.82, 2.24) is 9.97 Å². The number of fused-ring (bicyclic) bond motifs is 1. The monoisotopic (exact) mass is 342 g/mol. The number of hydrogen-bond acceptors (Lipinski definition) is 6. The summed E-state index contributed by atoms with van der Waals surface area (Å²) in [6.07, 6.45) is 1.64. The van der Waals surface area contributed by atoms with E-state index in [1.165, 1.54) is 0 Å². The molecule has 2 heterocycles. The molecule has 0 radical (unpaired) electrons. The van der Waals surface area contributed by atoms with Crippen molar-refractivity contribution in [3.05, 3.63) is 36.0 Å². The van der Waals surface area contributed by atoms with Crippen molar-refractivity contribution in [3.63, 3.8) is 0 Å². The molecule has 1 aromatic heterocycles. The van der Waals surface area contributed by atoms with E-state index in [9.17, 15) is 4.79 Å². The van der Waals surface area contributed by atoms with Crippen molar-refractivity contribution in [2.24, 2.45) is 0 Å². The third-order valence-electron chi connectivity index (χ3n) is 3.69. The maximum atomic E-state index is 13.1. The topological polar surface area (TPSA) is 76.6 Å². The first-order chi connectivity index (χ1) is 12.1. The zero-order valence-corrected chi connectivity index (χ0v) is 14.7. The second-order valence-electron chi connectivity index (χ2n) is 5.92. The number of hydrogen-bond donors (Lipinski definition) is 1. The largest absolute Gasteiger partial charge is 0.486 e. The molecule has 3 rings (SSSR count). The third kappa shape index (κ3) is 3.65. The standard InChI is InChI=1S/C18H22N4O3/c1-4-22(15-8-9-19-18(21-15)20-12(2)3)17(23)13-6-5-7-14-16(13)25-11-10-24-14/h5-9,12H,4,10-11H2,1-3H3,(H,19,20,21). The van der Waals surface area contributed by atoms with Crippen LogP contribution < -0.4 is 19.7 Å². The number of carbonyl (C=O) groups excluding carboxylic acids is 1. The lowest BCUT2D eigenvalue weighted by molar-refractivity contribution is 0.0976. The summed E-state index contributed by atoms with van der Waals surface area (Å²) in [4.78, 5) is 23.3. The molecule has 0 saturated carbocycles. The first-order valence-corrected chi connectivity index (χ1v) is 8.40. The molecular formula is C18H22N4O3. The maximum Gasteiger partial charge on any atom is 0.263 e. The first kappa shape index (κ1) is 17.0. The summed E-state index contributed by atoms with van der Waals surface area (Å²) < 4.78 is 11.2. The second-order valence-corrected chi connectivity index (χ2v) is 5.92. The third-order valence-corrected chi connectivity index (χ3v) is 3.69. The van der Waals surface area contributed by atoms with Gasteiger partial charge >= 0.3 is 0 Å². The quantitative estimate of drug-likeness (QED) is 0.900. The number of nitrogens with zero attached hydrogens (tertiary/aromatic N) is 3. The molecule has 132 valence electrons. The summed E-state index contributed by atoms with van der Waals surface area (Å²) in [7, 11) is 0. The molecule has 0 unspecified atom stereocenters. The molecular weight excluding hydrogens is 320 g/mol. The molecule has 7 nitrogen and oxygen atoms in total. The average Bonchev–Trinajstić information content (AvgIpc) is 2.61. The highest BCUT2D eigenvalue weighted by molar-refractivity contribution is 6.08. The molecule has 1 amide bonds. The average molecular weight is 342 g/mol. The van der Waals surface area contributed by atoms with E-state index in [0.717, 1.165) is 0 Å². The predicted octanol–water partition coefficient (Wildman–Crippen LogP) is 2.73. The van der Waals surface area contributed by atoms with E-state index in [1.54, 1.807) is 35.4 Å². The van der Waals surface area contributed by atoms with Crippen LogP contribution in [0.15, 0.2) is 30.5 Å². The van der Waals surface area contributed by atoms with Crippen molar-refractivity contribution in [1.29, 1.82) is 0 Å². The molecule has 0 bridgehead atoms. The summed E-state index contributed by atoms with van der Waals surface area (Å²) in [5.74, 6) is 1.94. The van der Waals surface area contributed by atoms with Crippen LogP contribution in [0.3, 0.4) is 0 Å². The SMILES string of the molecule is CCN(C(=O)c1cccc2c1OCCO2)c1ccnc(NC(C)C)n1. The number of para-hydroxylation sites is 1. The van der Waals surface area contributed by atoms with Crippen LogP contribution in [-0.2, 0) is 0 Å². The minimum atomic E-state index is -0.181. The van der Waals surface area contributed by atoms with Gasteiger partial charge in [-0.2, -0.15) is 4.98 Å². The number of rotatable bonds is 5. The number of amides is 1. The molecule has 1 aliphatic heterocycles. The van der Waals surface area contributed by atoms with Crippen LogP contribution in [0.2, 0.25) is 0 Å². The summed E-state index contributed by atoms with van der Waals surface area (Å²) in [5, 5.41) is 3.15. The molecule has 0 aliphatic carbocycles. The van der Waals surface area contributed by atoms with Crippen LogP contribution in [-0.4, -0.2) is 41.7 Å². The lowest BCUT2D eigenvalue weighted by atomic mass is 10.1. The minimum Gasteiger partial charge on any atom is -0.486 e. The van der Waals surface area contributed by atoms with Gasteiger partial charge in [-0.05, 0) is 39.0 Å². The van der Waals surface area contributed by atoms with Crippen LogP contribution in [0.4, 0.5) is 11.8 Å². The highest BCUT2D eigenvalue weighted by Gasteiger charge is 2.25. The molecule has 7 heteroatoms. The van der Waals surface area contributed by atoms with E-state index in [-0.39, 0.29) is 11.9 Å². The van der Waals surface area contributed by atoms with Gasteiger partial charge in [0.25, 0.3) is 5.91 Å². The summed E-state index contributed by atoms with van der Waals surface area (Å²) in [6.45, 7) is 7.31. The van der Waals surface area contributed by atoms with Crippen LogP contribution in [0.1, 0.15) is 31.1 Å². The van der Waals surface area contributed by atoms with Crippen LogP contribution >= 0.6 is 0 Å². The Balaban J connectivity index is 1.92. The van der Waals surface area contributed by atoms with Crippen molar-refractivity contribution in [2.75, 3.05) is 30.0 Å². The molecule has 0 spiro atoms. The Morgan fingerprint density at radius 2 is 2.08 bits per heavy atom. The Kier molecular flexibility index (Phi) is 5.02. The van der Waals surface area contributed by atoms with Crippen molar-refractivity contribution < 1.29 is 14.3 Å². The Morgan fingerprint density at radius 1 is 1.28 bits per heavy atom. The summed E-state index contributed by atoms with van der Waals surface area (Å²) >= 11 is 0. The minimum absolute atomic E-state index is 0.181. The molecule has 1 N–H and O–H groups in total. The van der Waals surface area contributed by atoms with Crippen molar-refractivity contribution >= 4 is 17.7 Å². The second kappa shape index (κ2) is 7.38. The number of aromatic nitrogens is 2. The molecule has 0 fully saturated rings. The van der Waals surface area contributed by atoms with Gasteiger partial charge in [0, 0.05) is 18.8 Å². The lowest BCUT2D eigenvalue weighted by Gasteiger charge is -2.24. The number of anilines is 2. The Hall–Kier alpha value is -2.83. The zero-order chi connectivity index (χ0) is 17.8. The van der Waals surface area contributed by atoms with Gasteiger partial charge in [-0.25, -0.2) is 4.98 Å². The number of ether oxygens (including phenoxy) is 2. The van der Waals surface area contributed by atoms with E-state index in [1.807, 2.05) is 20.8 Å². The summed E-state index contributed by atoms with van der Waals surface area (Å²) in [5.41, 5.74) is 0.469. The Bertz CT molecular complexity index is 764. The summed E-state index contributed by atoms with van der Waals surface area (Å²) in [6, 6.07) is 7.26. The first-order valence-electron chi connectivity index (χ1n) is 8.40. The van der Waals surface area contributed by atoms with Crippen molar-refractivity contribution in [3.8, 4) is 11.5 Å². The van der Waals surface area contributed by atoms with Crippen LogP contribution in [0.5, 0.6) is 11.5 Å². The van der Waals surface area contributed by atoms with E-state index >= 15 is 0 Å². The van der Waals surface area contributed by atoms with E-state index in [2.05, 4.69) is 15.3 Å². The highest BCUT2D eigenvalue weighted by Crippen LogP contribution is 2.34. The van der Waals surface area contributed by atoms with E-state index in [4.69, 9.17) is 9.47 Å². The Morgan fingerprint density at radius 3 is 2.84 bits per heavy atom. The van der Waals surface area contributed by atoms with Gasteiger partial charge in [0.05, 0.1) is 5.56 Å². The fourth-order valence-corrected chi connectivity index (χ4v) is 2.62. The maximum absolute atomic E-state index is 13.1. The number of nitrogens with one attached hydrogen (secondary N) is 1. The molecule has 1 aliphatic rings. The van der Waals surface area contributed by atoms with Gasteiger partial charge in [-0.15, -0.1) is 0 Å². The molecule has 0 saturated heterocycles. The van der Waals surface area contributed by atoms with Gasteiger partial charge in [-0.1, -0.05) is 6.07 Å². The van der Waals surface area contributed by atoms with Gasteiger partial charge in [0.2, 0.25) is 5.95 Å². The van der Waals surface area contributed by atoms with Gasteiger partial charge < -0.3 is 14.8 Å². The van der Waals surface area contributed by atoms with Crippen LogP contribution in [0.25, 0.3) is 0 Å². The fourth-order valence-electron chi connectivity index (χ4n) is 2.62. The Labute approximate surface area is 147 Å². The lowest BCUT2D eigenvalue weighted by Crippen LogP contribution is -2.32. The molecule has 1 aromatic carbocycles.